The molecule has 1 amide bonds. The van der Waals surface area contributed by atoms with Gasteiger partial charge in [-0.25, -0.2) is 0 Å². The van der Waals surface area contributed by atoms with Crippen LogP contribution in [-0.4, -0.2) is 43.8 Å². The first kappa shape index (κ1) is 14.7. The summed E-state index contributed by atoms with van der Waals surface area (Å²) in [6, 6.07) is 0. The lowest BCUT2D eigenvalue weighted by Crippen LogP contribution is -2.39. The van der Waals surface area contributed by atoms with E-state index in [0.29, 0.717) is 25.4 Å². The Bertz CT molecular complexity index is 648. The molecule has 0 saturated carbocycles. The number of nitrogens with zero attached hydrogens (tertiary/aromatic N) is 5. The molecule has 2 aromatic heterocycles. The van der Waals surface area contributed by atoms with Crippen molar-refractivity contribution in [2.24, 2.45) is 0 Å². The van der Waals surface area contributed by atoms with E-state index in [2.05, 4.69) is 15.2 Å². The molecule has 1 atom stereocenters. The minimum atomic E-state index is 0.165. The van der Waals surface area contributed by atoms with Crippen molar-refractivity contribution < 1.29 is 9.32 Å². The normalized spacial score (nSPS) is 18.6. The molecule has 1 saturated heterocycles. The van der Waals surface area contributed by atoms with Crippen molar-refractivity contribution in [1.82, 2.24) is 24.8 Å². The maximum atomic E-state index is 12.4. The summed E-state index contributed by atoms with van der Waals surface area (Å²) in [6.45, 7) is 5.89. The van der Waals surface area contributed by atoms with Gasteiger partial charge in [-0.05, 0) is 25.3 Å². The predicted octanol–water partition coefficient (Wildman–Crippen LogP) is 1.68. The van der Waals surface area contributed by atoms with Crippen LogP contribution in [0.1, 0.15) is 42.5 Å². The van der Waals surface area contributed by atoms with Crippen LogP contribution in [0.4, 0.5) is 0 Å². The Morgan fingerprint density at radius 3 is 3.00 bits per heavy atom. The molecule has 0 bridgehead atoms. The summed E-state index contributed by atoms with van der Waals surface area (Å²) in [5.74, 6) is 1.64. The molecule has 3 heterocycles. The maximum absolute atomic E-state index is 12.4. The van der Waals surface area contributed by atoms with Crippen molar-refractivity contribution in [1.29, 1.82) is 0 Å². The summed E-state index contributed by atoms with van der Waals surface area (Å²) in [7, 11) is 0. The van der Waals surface area contributed by atoms with Crippen LogP contribution in [0.25, 0.3) is 0 Å². The summed E-state index contributed by atoms with van der Waals surface area (Å²) in [5, 5.41) is 8.20. The van der Waals surface area contributed by atoms with Gasteiger partial charge < -0.3 is 9.42 Å². The van der Waals surface area contributed by atoms with E-state index in [1.165, 1.54) is 0 Å². The summed E-state index contributed by atoms with van der Waals surface area (Å²) in [4.78, 5) is 18.6. The molecule has 0 aliphatic carbocycles. The number of hydrogen-bond donors (Lipinski definition) is 0. The number of aromatic nitrogens is 4. The number of carbonyl (C=O) groups excluding carboxylic acids is 1. The second kappa shape index (κ2) is 6.29. The fraction of sp³-hybridized carbons (Fsp3) is 0.600. The molecule has 0 N–H and O–H groups in total. The Balaban J connectivity index is 1.55. The average molecular weight is 303 g/mol. The number of amides is 1. The largest absolute Gasteiger partial charge is 0.342 e. The SMILES string of the molecule is Cc1cnn(CCC(=O)N2CCC[C@@H](c3noc(C)n3)C2)c1. The van der Waals surface area contributed by atoms with Gasteiger partial charge >= 0.3 is 0 Å². The third-order valence-electron chi connectivity index (χ3n) is 4.00. The van der Waals surface area contributed by atoms with Crippen molar-refractivity contribution in [3.05, 3.63) is 29.7 Å². The van der Waals surface area contributed by atoms with Gasteiger partial charge in [-0.3, -0.25) is 9.48 Å². The first-order valence-corrected chi connectivity index (χ1v) is 7.69. The van der Waals surface area contributed by atoms with E-state index in [1.807, 2.05) is 22.7 Å². The van der Waals surface area contributed by atoms with Gasteiger partial charge in [0.05, 0.1) is 6.20 Å². The van der Waals surface area contributed by atoms with Crippen LogP contribution in [0.2, 0.25) is 0 Å². The third kappa shape index (κ3) is 3.35. The Morgan fingerprint density at radius 2 is 2.32 bits per heavy atom. The van der Waals surface area contributed by atoms with E-state index in [0.717, 1.165) is 30.8 Å². The van der Waals surface area contributed by atoms with Crippen LogP contribution in [0, 0.1) is 13.8 Å². The van der Waals surface area contributed by atoms with Crippen molar-refractivity contribution in [2.45, 2.75) is 45.6 Å². The topological polar surface area (TPSA) is 77.0 Å². The number of likely N-dealkylation sites (tertiary alicyclic amines) is 1. The summed E-state index contributed by atoms with van der Waals surface area (Å²) in [5.41, 5.74) is 1.11. The summed E-state index contributed by atoms with van der Waals surface area (Å²) >= 11 is 0. The van der Waals surface area contributed by atoms with Gasteiger partial charge in [-0.15, -0.1) is 0 Å². The Kier molecular flexibility index (Phi) is 4.22. The van der Waals surface area contributed by atoms with Crippen molar-refractivity contribution in [2.75, 3.05) is 13.1 Å². The number of carbonyl (C=O) groups is 1. The monoisotopic (exact) mass is 303 g/mol. The van der Waals surface area contributed by atoms with Crippen LogP contribution in [-0.2, 0) is 11.3 Å². The lowest BCUT2D eigenvalue weighted by molar-refractivity contribution is -0.132. The molecular weight excluding hydrogens is 282 g/mol. The zero-order chi connectivity index (χ0) is 15.5. The van der Waals surface area contributed by atoms with E-state index in [1.54, 1.807) is 13.1 Å². The molecular formula is C15H21N5O2. The van der Waals surface area contributed by atoms with Gasteiger partial charge in [0, 0.05) is 45.1 Å². The molecule has 0 radical (unpaired) electrons. The quantitative estimate of drug-likeness (QED) is 0.859. The van der Waals surface area contributed by atoms with E-state index >= 15 is 0 Å². The molecule has 1 aliphatic rings. The van der Waals surface area contributed by atoms with Gasteiger partial charge in [0.15, 0.2) is 5.82 Å². The minimum absolute atomic E-state index is 0.165. The number of hydrogen-bond acceptors (Lipinski definition) is 5. The van der Waals surface area contributed by atoms with E-state index in [-0.39, 0.29) is 11.8 Å². The Hall–Kier alpha value is -2.18. The highest BCUT2D eigenvalue weighted by atomic mass is 16.5. The standard InChI is InChI=1S/C15H21N5O2/c1-11-8-16-20(9-11)7-5-14(21)19-6-3-4-13(10-19)15-17-12(2)22-18-15/h8-9,13H,3-7,10H2,1-2H3/t13-/m1/s1. The molecule has 0 unspecified atom stereocenters. The van der Waals surface area contributed by atoms with Gasteiger partial charge in [0.2, 0.25) is 11.8 Å². The van der Waals surface area contributed by atoms with Crippen LogP contribution in [0.15, 0.2) is 16.9 Å². The molecule has 1 aliphatic heterocycles. The number of aryl methyl sites for hydroxylation is 3. The molecule has 118 valence electrons. The lowest BCUT2D eigenvalue weighted by atomic mass is 9.97. The van der Waals surface area contributed by atoms with Crippen molar-refractivity contribution >= 4 is 5.91 Å². The highest BCUT2D eigenvalue weighted by molar-refractivity contribution is 5.76. The summed E-state index contributed by atoms with van der Waals surface area (Å²) < 4.78 is 6.86. The Labute approximate surface area is 129 Å². The highest BCUT2D eigenvalue weighted by Crippen LogP contribution is 2.25. The molecule has 22 heavy (non-hydrogen) atoms. The smallest absolute Gasteiger partial charge is 0.224 e. The average Bonchev–Trinajstić information content (AvgIpc) is 3.13. The fourth-order valence-corrected chi connectivity index (χ4v) is 2.85. The van der Waals surface area contributed by atoms with Crippen LogP contribution in [0.5, 0.6) is 0 Å². The van der Waals surface area contributed by atoms with E-state index < -0.39 is 0 Å². The number of piperidine rings is 1. The van der Waals surface area contributed by atoms with Crippen LogP contribution >= 0.6 is 0 Å². The summed E-state index contributed by atoms with van der Waals surface area (Å²) in [6.07, 6.45) is 6.21. The Morgan fingerprint density at radius 1 is 1.45 bits per heavy atom. The predicted molar refractivity (Wildman–Crippen MR) is 79.2 cm³/mol. The van der Waals surface area contributed by atoms with Crippen LogP contribution in [0.3, 0.4) is 0 Å². The molecule has 1 fully saturated rings. The van der Waals surface area contributed by atoms with Gasteiger partial charge in [0.1, 0.15) is 0 Å². The third-order valence-corrected chi connectivity index (χ3v) is 4.00. The van der Waals surface area contributed by atoms with Crippen LogP contribution < -0.4 is 0 Å². The zero-order valence-corrected chi connectivity index (χ0v) is 13.0. The molecule has 0 spiro atoms. The first-order valence-electron chi connectivity index (χ1n) is 7.69. The molecule has 7 heteroatoms. The minimum Gasteiger partial charge on any atom is -0.342 e. The number of rotatable bonds is 4. The lowest BCUT2D eigenvalue weighted by Gasteiger charge is -2.31. The fourth-order valence-electron chi connectivity index (χ4n) is 2.85. The molecule has 2 aromatic rings. The van der Waals surface area contributed by atoms with Gasteiger partial charge in [-0.2, -0.15) is 10.1 Å². The highest BCUT2D eigenvalue weighted by Gasteiger charge is 2.27. The molecule has 0 aromatic carbocycles. The van der Waals surface area contributed by atoms with E-state index in [9.17, 15) is 4.79 Å². The van der Waals surface area contributed by atoms with Gasteiger partial charge in [0.25, 0.3) is 0 Å². The first-order chi connectivity index (χ1) is 10.6. The molecule has 7 nitrogen and oxygen atoms in total. The van der Waals surface area contributed by atoms with Gasteiger partial charge in [-0.1, -0.05) is 5.16 Å². The maximum Gasteiger partial charge on any atom is 0.224 e. The van der Waals surface area contributed by atoms with E-state index in [4.69, 9.17) is 4.52 Å². The molecule has 3 rings (SSSR count). The van der Waals surface area contributed by atoms with Crippen molar-refractivity contribution in [3.8, 4) is 0 Å². The second-order valence-corrected chi connectivity index (χ2v) is 5.88. The zero-order valence-electron chi connectivity index (χ0n) is 13.0. The van der Waals surface area contributed by atoms with Crippen molar-refractivity contribution in [3.63, 3.8) is 0 Å². The second-order valence-electron chi connectivity index (χ2n) is 5.88.